The van der Waals surface area contributed by atoms with Crippen LogP contribution in [0.4, 0.5) is 0 Å². The van der Waals surface area contributed by atoms with E-state index in [1.807, 2.05) is 0 Å². The second kappa shape index (κ2) is 3.17. The number of aromatic nitrogens is 2. The highest BCUT2D eigenvalue weighted by molar-refractivity contribution is 5.87. The molecule has 0 aliphatic heterocycles. The predicted octanol–water partition coefficient (Wildman–Crippen LogP) is 0.277. The molecule has 0 saturated carbocycles. The van der Waals surface area contributed by atoms with Crippen LogP contribution in [0.15, 0.2) is 6.07 Å². The normalized spacial score (nSPS) is 9.50. The summed E-state index contributed by atoms with van der Waals surface area (Å²) in [6, 6.07) is 1.15. The van der Waals surface area contributed by atoms with Crippen LogP contribution in [0.3, 0.4) is 0 Å². The van der Waals surface area contributed by atoms with Gasteiger partial charge in [-0.1, -0.05) is 0 Å². The van der Waals surface area contributed by atoms with E-state index >= 15 is 0 Å². The number of hydrogen-bond donors (Lipinski definition) is 1. The lowest BCUT2D eigenvalue weighted by Gasteiger charge is -1.99. The Morgan fingerprint density at radius 2 is 2.25 bits per heavy atom. The fourth-order valence-corrected chi connectivity index (χ4v) is 0.761. The summed E-state index contributed by atoms with van der Waals surface area (Å²) >= 11 is 0. The maximum absolute atomic E-state index is 10.9. The summed E-state index contributed by atoms with van der Waals surface area (Å²) in [6.45, 7) is 1.58. The van der Waals surface area contributed by atoms with Gasteiger partial charge >= 0.3 is 5.97 Å². The second-order valence-electron chi connectivity index (χ2n) is 2.15. The van der Waals surface area contributed by atoms with Gasteiger partial charge in [0.1, 0.15) is 5.82 Å². The quantitative estimate of drug-likeness (QED) is 0.609. The van der Waals surface area contributed by atoms with Gasteiger partial charge in [-0.15, -0.1) is 0 Å². The molecular weight excluding hydrogens is 160 g/mol. The SMILES string of the molecule is COC(=O)c1cc(O)nc(C)n1. The average molecular weight is 168 g/mol. The molecule has 1 rings (SSSR count). The van der Waals surface area contributed by atoms with Crippen LogP contribution in [0.1, 0.15) is 16.3 Å². The zero-order valence-corrected chi connectivity index (χ0v) is 6.74. The number of carbonyl (C=O) groups is 1. The van der Waals surface area contributed by atoms with E-state index in [0.717, 1.165) is 6.07 Å². The maximum atomic E-state index is 10.9. The molecule has 0 bridgehead atoms. The predicted molar refractivity (Wildman–Crippen MR) is 39.8 cm³/mol. The first-order chi connectivity index (χ1) is 5.63. The van der Waals surface area contributed by atoms with Crippen molar-refractivity contribution in [3.8, 4) is 5.88 Å². The van der Waals surface area contributed by atoms with Gasteiger partial charge in [-0.2, -0.15) is 4.98 Å². The van der Waals surface area contributed by atoms with Crippen LogP contribution >= 0.6 is 0 Å². The minimum absolute atomic E-state index is 0.0579. The Labute approximate surface area is 69.0 Å². The molecule has 1 aromatic heterocycles. The molecule has 1 heterocycles. The summed E-state index contributed by atoms with van der Waals surface area (Å²) in [5.41, 5.74) is 0.0579. The van der Waals surface area contributed by atoms with Gasteiger partial charge in [0.25, 0.3) is 0 Å². The standard InChI is InChI=1S/C7H8N2O3/c1-4-8-5(7(11)12-2)3-6(10)9-4/h3H,1-2H3,(H,8,9,10). The molecule has 0 spiro atoms. The van der Waals surface area contributed by atoms with Gasteiger partial charge in [-0.25, -0.2) is 9.78 Å². The number of aryl methyl sites for hydroxylation is 1. The Kier molecular flexibility index (Phi) is 2.23. The van der Waals surface area contributed by atoms with Crippen molar-refractivity contribution in [1.29, 1.82) is 0 Å². The number of esters is 1. The van der Waals surface area contributed by atoms with E-state index in [2.05, 4.69) is 14.7 Å². The van der Waals surface area contributed by atoms with Gasteiger partial charge in [0.2, 0.25) is 5.88 Å². The molecule has 5 nitrogen and oxygen atoms in total. The Morgan fingerprint density at radius 1 is 1.58 bits per heavy atom. The fraction of sp³-hybridized carbons (Fsp3) is 0.286. The number of hydrogen-bond acceptors (Lipinski definition) is 5. The first-order valence-electron chi connectivity index (χ1n) is 3.26. The van der Waals surface area contributed by atoms with Crippen LogP contribution in [-0.2, 0) is 4.74 Å². The molecule has 0 aliphatic carbocycles. The average Bonchev–Trinajstić information content (AvgIpc) is 2.01. The van der Waals surface area contributed by atoms with E-state index in [1.165, 1.54) is 7.11 Å². The number of aromatic hydroxyl groups is 1. The number of rotatable bonds is 1. The van der Waals surface area contributed by atoms with Gasteiger partial charge in [0.15, 0.2) is 5.69 Å². The lowest BCUT2D eigenvalue weighted by Crippen LogP contribution is -2.05. The molecule has 12 heavy (non-hydrogen) atoms. The van der Waals surface area contributed by atoms with Crippen LogP contribution in [0.2, 0.25) is 0 Å². The molecular formula is C7H8N2O3. The third kappa shape index (κ3) is 1.69. The number of ether oxygens (including phenoxy) is 1. The monoisotopic (exact) mass is 168 g/mol. The first-order valence-corrected chi connectivity index (χ1v) is 3.26. The Balaban J connectivity index is 3.08. The van der Waals surface area contributed by atoms with Crippen molar-refractivity contribution in [1.82, 2.24) is 9.97 Å². The van der Waals surface area contributed by atoms with Crippen molar-refractivity contribution in [3.05, 3.63) is 17.6 Å². The van der Waals surface area contributed by atoms with Crippen LogP contribution < -0.4 is 0 Å². The van der Waals surface area contributed by atoms with E-state index in [1.54, 1.807) is 6.92 Å². The molecule has 0 amide bonds. The lowest BCUT2D eigenvalue weighted by atomic mass is 10.4. The zero-order chi connectivity index (χ0) is 9.14. The number of nitrogens with zero attached hydrogens (tertiary/aromatic N) is 2. The van der Waals surface area contributed by atoms with Gasteiger partial charge in [-0.3, -0.25) is 0 Å². The van der Waals surface area contributed by atoms with Gasteiger partial charge in [0, 0.05) is 6.07 Å². The van der Waals surface area contributed by atoms with Crippen molar-refractivity contribution >= 4 is 5.97 Å². The molecule has 0 aromatic carbocycles. The summed E-state index contributed by atoms with van der Waals surface area (Å²) in [7, 11) is 1.25. The summed E-state index contributed by atoms with van der Waals surface area (Å²) in [5.74, 6) is -0.492. The minimum Gasteiger partial charge on any atom is -0.493 e. The van der Waals surface area contributed by atoms with Crippen molar-refractivity contribution in [3.63, 3.8) is 0 Å². The van der Waals surface area contributed by atoms with Crippen LogP contribution in [0, 0.1) is 6.92 Å². The molecule has 0 atom stereocenters. The van der Waals surface area contributed by atoms with E-state index in [4.69, 9.17) is 5.11 Å². The third-order valence-electron chi connectivity index (χ3n) is 1.22. The number of methoxy groups -OCH3 is 1. The highest BCUT2D eigenvalue weighted by atomic mass is 16.5. The lowest BCUT2D eigenvalue weighted by molar-refractivity contribution is 0.0593. The highest BCUT2D eigenvalue weighted by Crippen LogP contribution is 2.07. The van der Waals surface area contributed by atoms with Crippen LogP contribution in [-0.4, -0.2) is 28.2 Å². The Morgan fingerprint density at radius 3 is 2.75 bits per heavy atom. The summed E-state index contributed by atoms with van der Waals surface area (Å²) < 4.78 is 4.41. The van der Waals surface area contributed by atoms with Gasteiger partial charge in [0.05, 0.1) is 7.11 Å². The molecule has 64 valence electrons. The zero-order valence-electron chi connectivity index (χ0n) is 6.74. The minimum atomic E-state index is -0.587. The van der Waals surface area contributed by atoms with Crippen molar-refractivity contribution in [2.24, 2.45) is 0 Å². The van der Waals surface area contributed by atoms with Gasteiger partial charge in [-0.05, 0) is 6.92 Å². The summed E-state index contributed by atoms with van der Waals surface area (Å²) in [6.07, 6.45) is 0. The molecule has 0 unspecified atom stereocenters. The van der Waals surface area contributed by atoms with Gasteiger partial charge < -0.3 is 9.84 Å². The molecule has 0 fully saturated rings. The van der Waals surface area contributed by atoms with E-state index < -0.39 is 5.97 Å². The summed E-state index contributed by atoms with van der Waals surface area (Å²) in [5, 5.41) is 8.98. The van der Waals surface area contributed by atoms with E-state index in [9.17, 15) is 4.79 Å². The van der Waals surface area contributed by atoms with E-state index in [0.29, 0.717) is 5.82 Å². The molecule has 0 aliphatic rings. The third-order valence-corrected chi connectivity index (χ3v) is 1.22. The maximum Gasteiger partial charge on any atom is 0.356 e. The first kappa shape index (κ1) is 8.45. The molecule has 1 aromatic rings. The molecule has 1 N–H and O–H groups in total. The number of carbonyl (C=O) groups excluding carboxylic acids is 1. The molecule has 5 heteroatoms. The smallest absolute Gasteiger partial charge is 0.356 e. The largest absolute Gasteiger partial charge is 0.493 e. The van der Waals surface area contributed by atoms with Crippen LogP contribution in [0.5, 0.6) is 5.88 Å². The van der Waals surface area contributed by atoms with Crippen molar-refractivity contribution < 1.29 is 14.6 Å². The van der Waals surface area contributed by atoms with Crippen LogP contribution in [0.25, 0.3) is 0 Å². The van der Waals surface area contributed by atoms with Crippen molar-refractivity contribution in [2.45, 2.75) is 6.92 Å². The molecule has 0 radical (unpaired) electrons. The summed E-state index contributed by atoms with van der Waals surface area (Å²) in [4.78, 5) is 18.2. The topological polar surface area (TPSA) is 72.3 Å². The molecule has 0 saturated heterocycles. The van der Waals surface area contributed by atoms with E-state index in [-0.39, 0.29) is 11.6 Å². The highest BCUT2D eigenvalue weighted by Gasteiger charge is 2.09. The Hall–Kier alpha value is -1.65. The Bertz CT molecular complexity index is 291. The van der Waals surface area contributed by atoms with Crippen molar-refractivity contribution in [2.75, 3.05) is 7.11 Å². The second-order valence-corrected chi connectivity index (χ2v) is 2.15. The fourth-order valence-electron chi connectivity index (χ4n) is 0.761.